The zero-order valence-electron chi connectivity index (χ0n) is 10.4. The molecule has 1 fully saturated rings. The van der Waals surface area contributed by atoms with E-state index in [0.717, 1.165) is 37.1 Å². The quantitative estimate of drug-likeness (QED) is 0.904. The molecule has 3 nitrogen and oxygen atoms in total. The first-order valence-electron chi connectivity index (χ1n) is 6.01. The van der Waals surface area contributed by atoms with Crippen molar-refractivity contribution in [1.82, 2.24) is 15.1 Å². The normalized spacial score (nSPS) is 19.8. The van der Waals surface area contributed by atoms with Crippen molar-refractivity contribution in [2.45, 2.75) is 6.04 Å². The van der Waals surface area contributed by atoms with Crippen molar-refractivity contribution in [2.75, 3.05) is 46.8 Å². The predicted molar refractivity (Wildman–Crippen MR) is 75.1 cm³/mol. The highest BCUT2D eigenvalue weighted by Crippen LogP contribution is 2.31. The highest BCUT2D eigenvalue weighted by atomic mass is 35.5. The van der Waals surface area contributed by atoms with Crippen LogP contribution in [0.25, 0.3) is 0 Å². The highest BCUT2D eigenvalue weighted by Gasteiger charge is 2.23. The molecule has 0 radical (unpaired) electrons. The minimum absolute atomic E-state index is 0.476. The number of halogens is 1. The van der Waals surface area contributed by atoms with Gasteiger partial charge in [0.2, 0.25) is 0 Å². The van der Waals surface area contributed by atoms with Crippen LogP contribution in [0.5, 0.6) is 0 Å². The predicted octanol–water partition coefficient (Wildman–Crippen LogP) is 1.91. The Balaban J connectivity index is 2.11. The summed E-state index contributed by atoms with van der Waals surface area (Å²) >= 11 is 7.76. The SMILES string of the molecule is CN(C)CC(c1ccc(Cl)s1)N1CCNCC1. The second-order valence-corrected chi connectivity index (χ2v) is 6.45. The monoisotopic (exact) mass is 273 g/mol. The molecule has 1 N–H and O–H groups in total. The highest BCUT2D eigenvalue weighted by molar-refractivity contribution is 7.16. The molecule has 1 atom stereocenters. The average Bonchev–Trinajstić information content (AvgIpc) is 2.73. The smallest absolute Gasteiger partial charge is 0.0931 e. The number of likely N-dealkylation sites (N-methyl/N-ethyl adjacent to an activating group) is 1. The Kier molecular flexibility index (Phi) is 4.82. The van der Waals surface area contributed by atoms with Crippen molar-refractivity contribution < 1.29 is 0 Å². The van der Waals surface area contributed by atoms with E-state index in [1.807, 2.05) is 6.07 Å². The van der Waals surface area contributed by atoms with Crippen LogP contribution in [0.4, 0.5) is 0 Å². The van der Waals surface area contributed by atoms with Crippen molar-refractivity contribution in [2.24, 2.45) is 0 Å². The molecule has 2 rings (SSSR count). The third-order valence-corrected chi connectivity index (χ3v) is 4.39. The molecule has 0 aromatic carbocycles. The number of thiophene rings is 1. The summed E-state index contributed by atoms with van der Waals surface area (Å²) in [6.45, 7) is 5.46. The Labute approximate surface area is 112 Å². The Hall–Kier alpha value is -0.130. The lowest BCUT2D eigenvalue weighted by molar-refractivity contribution is 0.147. The van der Waals surface area contributed by atoms with E-state index >= 15 is 0 Å². The Morgan fingerprint density at radius 3 is 2.65 bits per heavy atom. The first-order chi connectivity index (χ1) is 8.16. The first-order valence-corrected chi connectivity index (χ1v) is 7.21. The molecule has 0 amide bonds. The van der Waals surface area contributed by atoms with E-state index in [4.69, 9.17) is 11.6 Å². The third-order valence-electron chi connectivity index (χ3n) is 3.05. The van der Waals surface area contributed by atoms with Gasteiger partial charge in [0.05, 0.1) is 10.4 Å². The molecule has 0 aliphatic carbocycles. The van der Waals surface area contributed by atoms with E-state index in [9.17, 15) is 0 Å². The summed E-state index contributed by atoms with van der Waals surface area (Å²) in [7, 11) is 4.26. The Morgan fingerprint density at radius 1 is 1.41 bits per heavy atom. The van der Waals surface area contributed by atoms with E-state index in [0.29, 0.717) is 6.04 Å². The lowest BCUT2D eigenvalue weighted by atomic mass is 10.1. The third kappa shape index (κ3) is 3.66. The molecule has 1 aliphatic heterocycles. The molecule has 17 heavy (non-hydrogen) atoms. The van der Waals surface area contributed by atoms with Crippen LogP contribution >= 0.6 is 22.9 Å². The van der Waals surface area contributed by atoms with Gasteiger partial charge in [-0.1, -0.05) is 11.6 Å². The number of piperazine rings is 1. The summed E-state index contributed by atoms with van der Waals surface area (Å²) in [5, 5.41) is 3.40. The molecular formula is C12H20ClN3S. The Bertz CT molecular complexity index is 347. The van der Waals surface area contributed by atoms with Gasteiger partial charge in [0, 0.05) is 37.6 Å². The molecule has 0 bridgehead atoms. The maximum Gasteiger partial charge on any atom is 0.0931 e. The van der Waals surface area contributed by atoms with Gasteiger partial charge in [-0.3, -0.25) is 4.90 Å². The van der Waals surface area contributed by atoms with Crippen LogP contribution < -0.4 is 5.32 Å². The van der Waals surface area contributed by atoms with Crippen LogP contribution in [0.3, 0.4) is 0 Å². The summed E-state index contributed by atoms with van der Waals surface area (Å²) < 4.78 is 0.888. The fourth-order valence-corrected chi connectivity index (χ4v) is 3.42. The summed E-state index contributed by atoms with van der Waals surface area (Å²) in [6, 6.07) is 4.65. The fraction of sp³-hybridized carbons (Fsp3) is 0.667. The Morgan fingerprint density at radius 2 is 2.12 bits per heavy atom. The van der Waals surface area contributed by atoms with Crippen LogP contribution in [0.15, 0.2) is 12.1 Å². The molecule has 1 saturated heterocycles. The van der Waals surface area contributed by atoms with E-state index in [1.54, 1.807) is 11.3 Å². The van der Waals surface area contributed by atoms with Gasteiger partial charge < -0.3 is 10.2 Å². The van der Waals surface area contributed by atoms with Crippen molar-refractivity contribution >= 4 is 22.9 Å². The molecule has 0 saturated carbocycles. The van der Waals surface area contributed by atoms with Crippen LogP contribution in [0, 0.1) is 0 Å². The van der Waals surface area contributed by atoms with Gasteiger partial charge in [0.1, 0.15) is 0 Å². The molecular weight excluding hydrogens is 254 g/mol. The minimum Gasteiger partial charge on any atom is -0.314 e. The fourth-order valence-electron chi connectivity index (χ4n) is 2.23. The second-order valence-electron chi connectivity index (χ2n) is 4.71. The van der Waals surface area contributed by atoms with Gasteiger partial charge in [0.25, 0.3) is 0 Å². The molecule has 1 aromatic heterocycles. The van der Waals surface area contributed by atoms with Crippen molar-refractivity contribution in [3.05, 3.63) is 21.3 Å². The van der Waals surface area contributed by atoms with E-state index in [1.165, 1.54) is 4.88 Å². The lowest BCUT2D eigenvalue weighted by Crippen LogP contribution is -2.47. The molecule has 2 heterocycles. The lowest BCUT2D eigenvalue weighted by Gasteiger charge is -2.35. The topological polar surface area (TPSA) is 18.5 Å². The number of nitrogens with one attached hydrogen (secondary N) is 1. The number of hydrogen-bond acceptors (Lipinski definition) is 4. The zero-order chi connectivity index (χ0) is 12.3. The van der Waals surface area contributed by atoms with E-state index in [2.05, 4.69) is 35.3 Å². The van der Waals surface area contributed by atoms with Gasteiger partial charge in [-0.15, -0.1) is 11.3 Å². The second kappa shape index (κ2) is 6.16. The average molecular weight is 274 g/mol. The standard InChI is InChI=1S/C12H20ClN3S/c1-15(2)9-10(11-3-4-12(13)17-11)16-7-5-14-6-8-16/h3-4,10,14H,5-9H2,1-2H3. The minimum atomic E-state index is 0.476. The van der Waals surface area contributed by atoms with Crippen molar-refractivity contribution in [3.63, 3.8) is 0 Å². The molecule has 5 heteroatoms. The summed E-state index contributed by atoms with van der Waals surface area (Å²) in [4.78, 5) is 6.18. The molecule has 96 valence electrons. The molecule has 1 aromatic rings. The van der Waals surface area contributed by atoms with Crippen LogP contribution in [0.1, 0.15) is 10.9 Å². The zero-order valence-corrected chi connectivity index (χ0v) is 12.0. The summed E-state index contributed by atoms with van der Waals surface area (Å²) in [5.74, 6) is 0. The number of rotatable bonds is 4. The van der Waals surface area contributed by atoms with Crippen LogP contribution in [-0.4, -0.2) is 56.6 Å². The summed E-state index contributed by atoms with van der Waals surface area (Å²) in [6.07, 6.45) is 0. The van der Waals surface area contributed by atoms with E-state index in [-0.39, 0.29) is 0 Å². The van der Waals surface area contributed by atoms with Gasteiger partial charge in [-0.25, -0.2) is 0 Å². The molecule has 0 spiro atoms. The maximum absolute atomic E-state index is 6.05. The van der Waals surface area contributed by atoms with Crippen LogP contribution in [-0.2, 0) is 0 Å². The van der Waals surface area contributed by atoms with Crippen molar-refractivity contribution in [3.8, 4) is 0 Å². The number of nitrogens with zero attached hydrogens (tertiary/aromatic N) is 2. The van der Waals surface area contributed by atoms with Crippen LogP contribution in [0.2, 0.25) is 4.34 Å². The van der Waals surface area contributed by atoms with Gasteiger partial charge >= 0.3 is 0 Å². The number of hydrogen-bond donors (Lipinski definition) is 1. The van der Waals surface area contributed by atoms with Gasteiger partial charge in [-0.05, 0) is 26.2 Å². The molecule has 1 unspecified atom stereocenters. The van der Waals surface area contributed by atoms with Gasteiger partial charge in [0.15, 0.2) is 0 Å². The maximum atomic E-state index is 6.05. The van der Waals surface area contributed by atoms with Gasteiger partial charge in [-0.2, -0.15) is 0 Å². The van der Waals surface area contributed by atoms with E-state index < -0.39 is 0 Å². The molecule has 1 aliphatic rings. The largest absolute Gasteiger partial charge is 0.314 e. The first kappa shape index (κ1) is 13.3. The summed E-state index contributed by atoms with van der Waals surface area (Å²) in [5.41, 5.74) is 0. The van der Waals surface area contributed by atoms with Crippen molar-refractivity contribution in [1.29, 1.82) is 0 Å².